The molecule has 5 nitrogen and oxygen atoms in total. The molecule has 17 heavy (non-hydrogen) atoms. The van der Waals surface area contributed by atoms with Crippen LogP contribution in [0.15, 0.2) is 23.2 Å². The Labute approximate surface area is 99.8 Å². The van der Waals surface area contributed by atoms with Crippen LogP contribution in [0.2, 0.25) is 0 Å². The lowest BCUT2D eigenvalue weighted by atomic mass is 9.87. The van der Waals surface area contributed by atoms with E-state index >= 15 is 0 Å². The van der Waals surface area contributed by atoms with Gasteiger partial charge in [0.15, 0.2) is 5.76 Å². The molecule has 1 aliphatic heterocycles. The minimum absolute atomic E-state index is 0.207. The van der Waals surface area contributed by atoms with Gasteiger partial charge >= 0.3 is 0 Å². The number of hydrogen-bond acceptors (Lipinski definition) is 4. The Hall–Kier alpha value is -1.62. The summed E-state index contributed by atoms with van der Waals surface area (Å²) in [6.45, 7) is 6.51. The fourth-order valence-corrected chi connectivity index (χ4v) is 2.03. The van der Waals surface area contributed by atoms with E-state index in [1.807, 2.05) is 13.0 Å². The fraction of sp³-hybridized carbons (Fsp3) is 0.500. The molecule has 1 fully saturated rings. The van der Waals surface area contributed by atoms with Crippen molar-refractivity contribution in [3.8, 4) is 0 Å². The first kappa shape index (κ1) is 11.9. The molecule has 1 N–H and O–H groups in total. The maximum atomic E-state index is 11.5. The Morgan fingerprint density at radius 1 is 1.59 bits per heavy atom. The van der Waals surface area contributed by atoms with Crippen LogP contribution in [-0.2, 0) is 15.1 Å². The molecule has 0 unspecified atom stereocenters. The summed E-state index contributed by atoms with van der Waals surface area (Å²) in [5, 5.41) is 6.82. The van der Waals surface area contributed by atoms with Gasteiger partial charge in [-0.2, -0.15) is 0 Å². The van der Waals surface area contributed by atoms with Crippen molar-refractivity contribution >= 4 is 5.91 Å². The van der Waals surface area contributed by atoms with Gasteiger partial charge in [-0.3, -0.25) is 4.79 Å². The number of aryl methyl sites for hydroxylation is 1. The lowest BCUT2D eigenvalue weighted by Crippen LogP contribution is -2.48. The Kier molecular flexibility index (Phi) is 3.28. The zero-order valence-corrected chi connectivity index (χ0v) is 9.86. The SMILES string of the molecule is C=CC(=O)NC1(c2cc(C)no2)CCOCC1. The molecule has 5 heteroatoms. The summed E-state index contributed by atoms with van der Waals surface area (Å²) in [7, 11) is 0. The van der Waals surface area contributed by atoms with Crippen molar-refractivity contribution in [2.75, 3.05) is 13.2 Å². The number of amides is 1. The van der Waals surface area contributed by atoms with E-state index in [0.29, 0.717) is 31.8 Å². The number of hydrogen-bond donors (Lipinski definition) is 1. The monoisotopic (exact) mass is 236 g/mol. The number of nitrogens with one attached hydrogen (secondary N) is 1. The van der Waals surface area contributed by atoms with E-state index in [-0.39, 0.29) is 5.91 Å². The Bertz CT molecular complexity index is 419. The summed E-state index contributed by atoms with van der Waals surface area (Å²) in [5.41, 5.74) is 0.295. The van der Waals surface area contributed by atoms with E-state index < -0.39 is 5.54 Å². The average Bonchev–Trinajstić information content (AvgIpc) is 2.77. The van der Waals surface area contributed by atoms with Crippen LogP contribution in [0.4, 0.5) is 0 Å². The van der Waals surface area contributed by atoms with Gasteiger partial charge in [-0.05, 0) is 13.0 Å². The zero-order chi connectivity index (χ0) is 12.3. The first-order chi connectivity index (χ1) is 8.16. The highest BCUT2D eigenvalue weighted by molar-refractivity contribution is 5.87. The predicted molar refractivity (Wildman–Crippen MR) is 61.3 cm³/mol. The van der Waals surface area contributed by atoms with E-state index in [1.165, 1.54) is 6.08 Å². The van der Waals surface area contributed by atoms with Gasteiger partial charge in [-0.1, -0.05) is 11.7 Å². The second-order valence-electron chi connectivity index (χ2n) is 4.22. The number of ether oxygens (including phenoxy) is 1. The van der Waals surface area contributed by atoms with Crippen molar-refractivity contribution in [1.29, 1.82) is 0 Å². The molecule has 1 aromatic heterocycles. The highest BCUT2D eigenvalue weighted by Gasteiger charge is 2.39. The van der Waals surface area contributed by atoms with Crippen LogP contribution in [0.5, 0.6) is 0 Å². The third kappa shape index (κ3) is 2.39. The minimum Gasteiger partial charge on any atom is -0.381 e. The normalized spacial score (nSPS) is 18.6. The molecule has 2 rings (SSSR count). The largest absolute Gasteiger partial charge is 0.381 e. The quantitative estimate of drug-likeness (QED) is 0.803. The highest BCUT2D eigenvalue weighted by Crippen LogP contribution is 2.32. The van der Waals surface area contributed by atoms with Gasteiger partial charge in [0.25, 0.3) is 0 Å². The predicted octanol–water partition coefficient (Wildman–Crippen LogP) is 1.29. The molecule has 1 amide bonds. The maximum Gasteiger partial charge on any atom is 0.244 e. The summed E-state index contributed by atoms with van der Waals surface area (Å²) in [6, 6.07) is 1.86. The molecule has 1 saturated heterocycles. The van der Waals surface area contributed by atoms with Crippen molar-refractivity contribution in [2.45, 2.75) is 25.3 Å². The molecule has 1 aromatic rings. The Morgan fingerprint density at radius 3 is 2.82 bits per heavy atom. The van der Waals surface area contributed by atoms with Crippen LogP contribution < -0.4 is 5.32 Å². The van der Waals surface area contributed by atoms with Crippen molar-refractivity contribution in [3.63, 3.8) is 0 Å². The van der Waals surface area contributed by atoms with Crippen molar-refractivity contribution in [3.05, 3.63) is 30.2 Å². The Balaban J connectivity index is 2.28. The first-order valence-corrected chi connectivity index (χ1v) is 5.62. The van der Waals surface area contributed by atoms with Crippen molar-refractivity contribution < 1.29 is 14.1 Å². The van der Waals surface area contributed by atoms with Crippen LogP contribution in [0, 0.1) is 6.92 Å². The molecule has 0 atom stereocenters. The number of nitrogens with zero attached hydrogens (tertiary/aromatic N) is 1. The topological polar surface area (TPSA) is 64.4 Å². The number of aromatic nitrogens is 1. The van der Waals surface area contributed by atoms with E-state index in [9.17, 15) is 4.79 Å². The van der Waals surface area contributed by atoms with Crippen molar-refractivity contribution in [2.24, 2.45) is 0 Å². The third-order valence-corrected chi connectivity index (χ3v) is 2.99. The zero-order valence-electron chi connectivity index (χ0n) is 9.86. The van der Waals surface area contributed by atoms with Crippen LogP contribution in [0.1, 0.15) is 24.3 Å². The molecule has 0 aromatic carbocycles. The third-order valence-electron chi connectivity index (χ3n) is 2.99. The molecular weight excluding hydrogens is 220 g/mol. The molecule has 0 radical (unpaired) electrons. The minimum atomic E-state index is -0.509. The maximum absolute atomic E-state index is 11.5. The molecule has 0 saturated carbocycles. The average molecular weight is 236 g/mol. The fourth-order valence-electron chi connectivity index (χ4n) is 2.03. The van der Waals surface area contributed by atoms with Gasteiger partial charge < -0.3 is 14.6 Å². The second kappa shape index (κ2) is 4.71. The molecule has 1 aliphatic rings. The van der Waals surface area contributed by atoms with Crippen LogP contribution in [0.3, 0.4) is 0 Å². The van der Waals surface area contributed by atoms with Gasteiger partial charge in [0.1, 0.15) is 5.54 Å². The summed E-state index contributed by atoms with van der Waals surface area (Å²) >= 11 is 0. The van der Waals surface area contributed by atoms with Gasteiger partial charge in [-0.25, -0.2) is 0 Å². The van der Waals surface area contributed by atoms with Crippen LogP contribution in [-0.4, -0.2) is 24.3 Å². The van der Waals surface area contributed by atoms with E-state index in [1.54, 1.807) is 0 Å². The number of carbonyl (C=O) groups excluding carboxylic acids is 1. The van der Waals surface area contributed by atoms with Crippen LogP contribution >= 0.6 is 0 Å². The lowest BCUT2D eigenvalue weighted by Gasteiger charge is -2.35. The molecule has 0 bridgehead atoms. The smallest absolute Gasteiger partial charge is 0.244 e. The van der Waals surface area contributed by atoms with E-state index in [4.69, 9.17) is 9.26 Å². The number of carbonyl (C=O) groups is 1. The highest BCUT2D eigenvalue weighted by atomic mass is 16.5. The summed E-state index contributed by atoms with van der Waals surface area (Å²) in [4.78, 5) is 11.5. The van der Waals surface area contributed by atoms with E-state index in [0.717, 1.165) is 5.69 Å². The summed E-state index contributed by atoms with van der Waals surface area (Å²) < 4.78 is 10.6. The molecular formula is C12H16N2O3. The van der Waals surface area contributed by atoms with Crippen LogP contribution in [0.25, 0.3) is 0 Å². The molecule has 92 valence electrons. The Morgan fingerprint density at radius 2 is 2.29 bits per heavy atom. The summed E-state index contributed by atoms with van der Waals surface area (Å²) in [5.74, 6) is 0.481. The van der Waals surface area contributed by atoms with Gasteiger partial charge in [-0.15, -0.1) is 0 Å². The second-order valence-corrected chi connectivity index (χ2v) is 4.22. The van der Waals surface area contributed by atoms with Crippen molar-refractivity contribution in [1.82, 2.24) is 10.5 Å². The lowest BCUT2D eigenvalue weighted by molar-refractivity contribution is -0.120. The van der Waals surface area contributed by atoms with Gasteiger partial charge in [0.05, 0.1) is 5.69 Å². The standard InChI is InChI=1S/C12H16N2O3/c1-3-11(15)13-12(4-6-16-7-5-12)10-8-9(2)14-17-10/h3,8H,1,4-7H2,2H3,(H,13,15). The first-order valence-electron chi connectivity index (χ1n) is 5.62. The molecule has 2 heterocycles. The molecule has 0 spiro atoms. The molecule has 0 aliphatic carbocycles. The van der Waals surface area contributed by atoms with Gasteiger partial charge in [0, 0.05) is 32.1 Å². The number of rotatable bonds is 3. The summed E-state index contributed by atoms with van der Waals surface area (Å²) in [6.07, 6.45) is 2.63. The van der Waals surface area contributed by atoms with E-state index in [2.05, 4.69) is 17.1 Å². The van der Waals surface area contributed by atoms with Gasteiger partial charge in [0.2, 0.25) is 5.91 Å².